The summed E-state index contributed by atoms with van der Waals surface area (Å²) in [7, 11) is 0. The molecule has 12 rings (SSSR count). The zero-order chi connectivity index (χ0) is 43.2. The fraction of sp³-hybridized carbons (Fsp3) is 0.0169. The van der Waals surface area contributed by atoms with Gasteiger partial charge in [-0.3, -0.25) is 9.80 Å². The number of fused-ring (bicyclic) bond motifs is 3. The molecule has 0 atom stereocenters. The highest BCUT2D eigenvalue weighted by Gasteiger charge is 2.56. The van der Waals surface area contributed by atoms with Crippen molar-refractivity contribution in [3.8, 4) is 44.8 Å². The molecular weight excluding hydrogens is 793 g/mol. The van der Waals surface area contributed by atoms with Crippen LogP contribution in [0, 0.1) is 0 Å². The summed E-state index contributed by atoms with van der Waals surface area (Å²) in [5, 5.41) is 1.94. The van der Waals surface area contributed by atoms with Gasteiger partial charge in [0.1, 0.15) is 0 Å². The Kier molecular flexibility index (Phi) is 9.27. The third-order valence-corrected chi connectivity index (χ3v) is 12.4. The SMILES string of the molecule is c1ccc(-c2cc3c(cc2-c2ccccc2)N(c2nc(-c4ccccc4)c4ccccc4n2)C(c2ccccc2)(c2ccccc2)N3c2nc(-c3ccccc3)c3ccccc3n2)cc1. The van der Waals surface area contributed by atoms with Gasteiger partial charge in [0.25, 0.3) is 0 Å². The molecule has 6 nitrogen and oxygen atoms in total. The molecule has 3 heterocycles. The van der Waals surface area contributed by atoms with Crippen LogP contribution in [0.1, 0.15) is 11.1 Å². The molecule has 0 unspecified atom stereocenters. The summed E-state index contributed by atoms with van der Waals surface area (Å²) >= 11 is 0. The Morgan fingerprint density at radius 3 is 0.969 bits per heavy atom. The van der Waals surface area contributed by atoms with Gasteiger partial charge in [-0.15, -0.1) is 0 Å². The fourth-order valence-electron chi connectivity index (χ4n) is 9.59. The summed E-state index contributed by atoms with van der Waals surface area (Å²) in [5.41, 5.74) is 12.3. The standard InChI is InChI=1S/C59H40N6/c1-7-23-41(24-8-1)49-39-53-54(40-50(49)42-25-9-2-10-26-42)65(58-61-52-38-22-20-36-48(52)56(63-58)44-29-13-4-14-30-44)59(45-31-15-5-16-32-45,46-33-17-6-18-34-46)64(53)57-60-51-37-21-19-35-47(51)55(62-57)43-27-11-3-12-28-43/h1-40H. The number of hydrogen-bond acceptors (Lipinski definition) is 6. The molecular formula is C59H40N6. The number of anilines is 4. The lowest BCUT2D eigenvalue weighted by Gasteiger charge is -2.45. The number of benzene rings is 9. The van der Waals surface area contributed by atoms with Crippen molar-refractivity contribution in [3.63, 3.8) is 0 Å². The molecule has 306 valence electrons. The van der Waals surface area contributed by atoms with Crippen LogP contribution in [0.25, 0.3) is 66.6 Å². The van der Waals surface area contributed by atoms with Crippen LogP contribution in [0.2, 0.25) is 0 Å². The van der Waals surface area contributed by atoms with Gasteiger partial charge in [-0.1, -0.05) is 218 Å². The Labute approximate surface area is 377 Å². The largest absolute Gasteiger partial charge is 0.276 e. The van der Waals surface area contributed by atoms with E-state index in [1.165, 1.54) is 0 Å². The summed E-state index contributed by atoms with van der Waals surface area (Å²) in [6.07, 6.45) is 0. The molecule has 1 aliphatic heterocycles. The maximum atomic E-state index is 5.67. The van der Waals surface area contributed by atoms with Gasteiger partial charge < -0.3 is 0 Å². The molecule has 0 spiro atoms. The average Bonchev–Trinajstić information content (AvgIpc) is 3.70. The molecule has 1 aliphatic rings. The molecule has 0 saturated heterocycles. The van der Waals surface area contributed by atoms with Crippen LogP contribution in [-0.4, -0.2) is 19.9 Å². The van der Waals surface area contributed by atoms with E-state index in [0.29, 0.717) is 11.9 Å². The van der Waals surface area contributed by atoms with Crippen LogP contribution >= 0.6 is 0 Å². The van der Waals surface area contributed by atoms with Crippen LogP contribution in [0.5, 0.6) is 0 Å². The van der Waals surface area contributed by atoms with Gasteiger partial charge in [-0.05, 0) is 46.5 Å². The summed E-state index contributed by atoms with van der Waals surface area (Å²) in [6.45, 7) is 0. The van der Waals surface area contributed by atoms with Gasteiger partial charge in [0, 0.05) is 33.0 Å². The molecule has 0 saturated carbocycles. The molecule has 0 amide bonds. The minimum absolute atomic E-state index is 0.537. The maximum Gasteiger partial charge on any atom is 0.233 e. The van der Waals surface area contributed by atoms with Crippen LogP contribution in [0.15, 0.2) is 243 Å². The van der Waals surface area contributed by atoms with Crippen molar-refractivity contribution in [2.45, 2.75) is 5.66 Å². The lowest BCUT2D eigenvalue weighted by Crippen LogP contribution is -2.52. The van der Waals surface area contributed by atoms with E-state index >= 15 is 0 Å². The van der Waals surface area contributed by atoms with Crippen molar-refractivity contribution >= 4 is 45.1 Å². The lowest BCUT2D eigenvalue weighted by atomic mass is 9.88. The molecule has 2 aromatic heterocycles. The van der Waals surface area contributed by atoms with Gasteiger partial charge in [-0.25, -0.2) is 19.9 Å². The Morgan fingerprint density at radius 2 is 0.600 bits per heavy atom. The highest BCUT2D eigenvalue weighted by molar-refractivity contribution is 6.01. The van der Waals surface area contributed by atoms with Crippen LogP contribution < -0.4 is 9.80 Å². The Hall–Kier alpha value is -8.74. The van der Waals surface area contributed by atoms with Crippen molar-refractivity contribution in [3.05, 3.63) is 254 Å². The Balaban J connectivity index is 1.28. The molecule has 0 bridgehead atoms. The van der Waals surface area contributed by atoms with E-state index < -0.39 is 5.66 Å². The summed E-state index contributed by atoms with van der Waals surface area (Å²) in [4.78, 5) is 27.2. The number of para-hydroxylation sites is 2. The van der Waals surface area contributed by atoms with Crippen molar-refractivity contribution in [1.29, 1.82) is 0 Å². The van der Waals surface area contributed by atoms with Crippen LogP contribution in [-0.2, 0) is 5.66 Å². The molecule has 0 aliphatic carbocycles. The van der Waals surface area contributed by atoms with E-state index in [1.807, 2.05) is 24.3 Å². The number of hydrogen-bond donors (Lipinski definition) is 0. The highest BCUT2D eigenvalue weighted by atomic mass is 15.5. The molecule has 0 N–H and O–H groups in total. The van der Waals surface area contributed by atoms with Gasteiger partial charge >= 0.3 is 0 Å². The van der Waals surface area contributed by atoms with Crippen molar-refractivity contribution in [2.24, 2.45) is 0 Å². The normalized spacial score (nSPS) is 13.0. The number of aromatic nitrogens is 4. The lowest BCUT2D eigenvalue weighted by molar-refractivity contribution is 0.543. The molecule has 0 fully saturated rings. The second-order valence-electron chi connectivity index (χ2n) is 16.2. The summed E-state index contributed by atoms with van der Waals surface area (Å²) in [6, 6.07) is 84.8. The first-order valence-electron chi connectivity index (χ1n) is 21.9. The molecule has 11 aromatic rings. The van der Waals surface area contributed by atoms with Gasteiger partial charge in [-0.2, -0.15) is 0 Å². The predicted octanol–water partition coefficient (Wildman–Crippen LogP) is 14.4. The molecule has 65 heavy (non-hydrogen) atoms. The highest BCUT2D eigenvalue weighted by Crippen LogP contribution is 2.61. The summed E-state index contributed by atoms with van der Waals surface area (Å²) < 4.78 is 0. The molecule has 6 heteroatoms. The Morgan fingerprint density at radius 1 is 0.292 bits per heavy atom. The summed E-state index contributed by atoms with van der Waals surface area (Å²) in [5.74, 6) is 1.07. The first-order chi connectivity index (χ1) is 32.3. The van der Waals surface area contributed by atoms with E-state index in [0.717, 1.165) is 89.1 Å². The first-order valence-corrected chi connectivity index (χ1v) is 21.9. The van der Waals surface area contributed by atoms with E-state index in [2.05, 4.69) is 228 Å². The predicted molar refractivity (Wildman–Crippen MR) is 265 cm³/mol. The van der Waals surface area contributed by atoms with E-state index in [-0.39, 0.29) is 0 Å². The van der Waals surface area contributed by atoms with Crippen molar-refractivity contribution in [1.82, 2.24) is 19.9 Å². The van der Waals surface area contributed by atoms with Crippen LogP contribution in [0.3, 0.4) is 0 Å². The quantitative estimate of drug-likeness (QED) is 0.152. The third-order valence-electron chi connectivity index (χ3n) is 12.4. The van der Waals surface area contributed by atoms with E-state index in [4.69, 9.17) is 19.9 Å². The zero-order valence-corrected chi connectivity index (χ0v) is 35.3. The first kappa shape index (κ1) is 38.0. The van der Waals surface area contributed by atoms with Gasteiger partial charge in [0.05, 0.1) is 33.8 Å². The maximum absolute atomic E-state index is 5.67. The minimum atomic E-state index is -1.18. The molecule has 0 radical (unpaired) electrons. The second kappa shape index (κ2) is 15.9. The fourth-order valence-corrected chi connectivity index (χ4v) is 9.59. The number of rotatable bonds is 8. The zero-order valence-electron chi connectivity index (χ0n) is 35.3. The van der Waals surface area contributed by atoms with Gasteiger partial charge in [0.15, 0.2) is 5.66 Å². The molecule has 9 aromatic carbocycles. The smallest absolute Gasteiger partial charge is 0.233 e. The topological polar surface area (TPSA) is 58.0 Å². The van der Waals surface area contributed by atoms with Crippen LogP contribution in [0.4, 0.5) is 23.3 Å². The van der Waals surface area contributed by atoms with Crippen molar-refractivity contribution < 1.29 is 0 Å². The van der Waals surface area contributed by atoms with E-state index in [1.54, 1.807) is 0 Å². The van der Waals surface area contributed by atoms with E-state index in [9.17, 15) is 0 Å². The minimum Gasteiger partial charge on any atom is -0.276 e. The monoisotopic (exact) mass is 832 g/mol. The average molecular weight is 833 g/mol. The van der Waals surface area contributed by atoms with Crippen molar-refractivity contribution in [2.75, 3.05) is 9.80 Å². The second-order valence-corrected chi connectivity index (χ2v) is 16.2. The number of nitrogens with zero attached hydrogens (tertiary/aromatic N) is 6. The third kappa shape index (κ3) is 6.34. The Bertz CT molecular complexity index is 3240. The van der Waals surface area contributed by atoms with Gasteiger partial charge in [0.2, 0.25) is 11.9 Å².